The number of rotatable bonds is 10. The number of nitrogens with zero attached hydrogens (tertiary/aromatic N) is 1. The fraction of sp³-hybridized carbons (Fsp3) is 0.222. The smallest absolute Gasteiger partial charge is 0.342 e. The van der Waals surface area contributed by atoms with Gasteiger partial charge in [-0.1, -0.05) is 30.3 Å². The van der Waals surface area contributed by atoms with Crippen molar-refractivity contribution in [3.05, 3.63) is 90.0 Å². The minimum Gasteiger partial charge on any atom is -0.490 e. The van der Waals surface area contributed by atoms with Crippen molar-refractivity contribution in [2.24, 2.45) is 0 Å². The molecule has 0 spiro atoms. The largest absolute Gasteiger partial charge is 0.490 e. The van der Waals surface area contributed by atoms with Gasteiger partial charge in [-0.15, -0.1) is 0 Å². The molecule has 34 heavy (non-hydrogen) atoms. The zero-order chi connectivity index (χ0) is 23.8. The zero-order valence-corrected chi connectivity index (χ0v) is 18.6. The maximum atomic E-state index is 12.6. The van der Waals surface area contributed by atoms with Crippen molar-refractivity contribution < 1.29 is 28.6 Å². The first kappa shape index (κ1) is 23.0. The Labute approximate surface area is 197 Å². The molecule has 1 saturated heterocycles. The fourth-order valence-corrected chi connectivity index (χ4v) is 3.63. The Kier molecular flexibility index (Phi) is 7.55. The Bertz CT molecular complexity index is 1140. The van der Waals surface area contributed by atoms with Crippen molar-refractivity contribution in [3.63, 3.8) is 0 Å². The maximum absolute atomic E-state index is 12.6. The quantitative estimate of drug-likeness (QED) is 0.255. The molecule has 0 radical (unpaired) electrons. The maximum Gasteiger partial charge on any atom is 0.342 e. The minimum atomic E-state index is -0.646. The average Bonchev–Trinajstić information content (AvgIpc) is 3.31. The summed E-state index contributed by atoms with van der Waals surface area (Å²) in [4.78, 5) is 38.7. The van der Waals surface area contributed by atoms with E-state index in [9.17, 15) is 14.4 Å². The second-order valence-electron chi connectivity index (χ2n) is 7.70. The van der Waals surface area contributed by atoms with Crippen molar-refractivity contribution in [3.8, 4) is 11.5 Å². The van der Waals surface area contributed by atoms with E-state index in [2.05, 4.69) is 0 Å². The lowest BCUT2D eigenvalue weighted by Gasteiger charge is -2.15. The van der Waals surface area contributed by atoms with Crippen LogP contribution in [0.15, 0.2) is 78.9 Å². The van der Waals surface area contributed by atoms with Gasteiger partial charge in [0.05, 0.1) is 0 Å². The highest BCUT2D eigenvalue weighted by Gasteiger charge is 2.22. The number of anilines is 1. The standard InChI is InChI=1S/C27H25NO6/c29-24(20-12-14-21(15-13-20)28-16-6-11-26(28)30)19-34-27(31)23-9-4-5-10-25(23)33-18-17-32-22-7-2-1-3-8-22/h1-5,7-10,12-15H,6,11,16-19H2. The molecule has 0 aromatic heterocycles. The van der Waals surface area contributed by atoms with Crippen molar-refractivity contribution >= 4 is 23.3 Å². The molecule has 4 rings (SSSR count). The van der Waals surface area contributed by atoms with Crippen LogP contribution in [-0.4, -0.2) is 44.0 Å². The second kappa shape index (κ2) is 11.1. The number of para-hydroxylation sites is 2. The first-order valence-electron chi connectivity index (χ1n) is 11.1. The van der Waals surface area contributed by atoms with Gasteiger partial charge in [0.25, 0.3) is 0 Å². The molecule has 0 unspecified atom stereocenters. The summed E-state index contributed by atoms with van der Waals surface area (Å²) in [5.74, 6) is 0.198. The van der Waals surface area contributed by atoms with Crippen LogP contribution >= 0.6 is 0 Å². The van der Waals surface area contributed by atoms with Crippen LogP contribution in [0.4, 0.5) is 5.69 Å². The van der Waals surface area contributed by atoms with Crippen LogP contribution in [0.1, 0.15) is 33.6 Å². The van der Waals surface area contributed by atoms with Gasteiger partial charge in [0.1, 0.15) is 30.3 Å². The molecule has 3 aromatic carbocycles. The molecular weight excluding hydrogens is 434 g/mol. The average molecular weight is 459 g/mol. The number of amides is 1. The molecule has 174 valence electrons. The summed E-state index contributed by atoms with van der Waals surface area (Å²) in [6.07, 6.45) is 1.38. The fourth-order valence-electron chi connectivity index (χ4n) is 3.63. The Hall–Kier alpha value is -4.13. The number of esters is 1. The van der Waals surface area contributed by atoms with E-state index in [0.717, 1.165) is 17.9 Å². The van der Waals surface area contributed by atoms with Gasteiger partial charge in [-0.2, -0.15) is 0 Å². The van der Waals surface area contributed by atoms with Crippen LogP contribution in [0.2, 0.25) is 0 Å². The number of hydrogen-bond acceptors (Lipinski definition) is 6. The van der Waals surface area contributed by atoms with Crippen LogP contribution in [0.5, 0.6) is 11.5 Å². The van der Waals surface area contributed by atoms with Crippen LogP contribution in [0.25, 0.3) is 0 Å². The minimum absolute atomic E-state index is 0.0838. The highest BCUT2D eigenvalue weighted by molar-refractivity contribution is 6.01. The highest BCUT2D eigenvalue weighted by atomic mass is 16.5. The number of hydrogen-bond donors (Lipinski definition) is 0. The monoisotopic (exact) mass is 459 g/mol. The van der Waals surface area contributed by atoms with Crippen molar-refractivity contribution in [1.29, 1.82) is 0 Å². The Balaban J connectivity index is 1.28. The molecular formula is C27H25NO6. The van der Waals surface area contributed by atoms with E-state index < -0.39 is 12.6 Å². The predicted octanol–water partition coefficient (Wildman–Crippen LogP) is 4.31. The molecule has 7 heteroatoms. The van der Waals surface area contributed by atoms with Gasteiger partial charge in [-0.25, -0.2) is 4.79 Å². The molecule has 1 amide bonds. The molecule has 0 bridgehead atoms. The molecule has 1 aliphatic heterocycles. The van der Waals surface area contributed by atoms with Crippen LogP contribution in [0, 0.1) is 0 Å². The lowest BCUT2D eigenvalue weighted by atomic mass is 10.1. The first-order valence-corrected chi connectivity index (χ1v) is 11.1. The highest BCUT2D eigenvalue weighted by Crippen LogP contribution is 2.22. The van der Waals surface area contributed by atoms with Gasteiger partial charge in [0.15, 0.2) is 12.4 Å². The van der Waals surface area contributed by atoms with Gasteiger partial charge >= 0.3 is 5.97 Å². The lowest BCUT2D eigenvalue weighted by molar-refractivity contribution is -0.117. The predicted molar refractivity (Wildman–Crippen MR) is 127 cm³/mol. The second-order valence-corrected chi connectivity index (χ2v) is 7.70. The van der Waals surface area contributed by atoms with Gasteiger partial charge in [-0.05, 0) is 55.0 Å². The van der Waals surface area contributed by atoms with Crippen LogP contribution in [-0.2, 0) is 9.53 Å². The Morgan fingerprint density at radius 2 is 1.53 bits per heavy atom. The summed E-state index contributed by atoms with van der Waals surface area (Å²) in [5.41, 5.74) is 1.40. The van der Waals surface area contributed by atoms with E-state index in [0.29, 0.717) is 30.9 Å². The van der Waals surface area contributed by atoms with Gasteiger partial charge in [0.2, 0.25) is 5.91 Å². The number of benzene rings is 3. The van der Waals surface area contributed by atoms with Gasteiger partial charge in [-0.3, -0.25) is 9.59 Å². The number of ketones is 1. The summed E-state index contributed by atoms with van der Waals surface area (Å²) < 4.78 is 16.5. The van der Waals surface area contributed by atoms with Crippen molar-refractivity contribution in [2.45, 2.75) is 12.8 Å². The lowest BCUT2D eigenvalue weighted by Crippen LogP contribution is -2.23. The molecule has 1 aliphatic rings. The number of carbonyl (C=O) groups is 3. The Morgan fingerprint density at radius 1 is 0.824 bits per heavy atom. The SMILES string of the molecule is O=C(COC(=O)c1ccccc1OCCOc1ccccc1)c1ccc(N2CCCC2=O)cc1. The molecule has 0 aliphatic carbocycles. The van der Waals surface area contributed by atoms with Crippen LogP contribution < -0.4 is 14.4 Å². The van der Waals surface area contributed by atoms with E-state index >= 15 is 0 Å². The topological polar surface area (TPSA) is 82.1 Å². The Morgan fingerprint density at radius 3 is 2.26 bits per heavy atom. The normalized spacial score (nSPS) is 12.9. The van der Waals surface area contributed by atoms with Gasteiger partial charge in [0, 0.05) is 24.2 Å². The molecule has 1 fully saturated rings. The third kappa shape index (κ3) is 5.81. The molecule has 3 aromatic rings. The van der Waals surface area contributed by atoms with E-state index in [1.807, 2.05) is 30.3 Å². The third-order valence-corrected chi connectivity index (χ3v) is 5.37. The molecule has 1 heterocycles. The van der Waals surface area contributed by atoms with Crippen molar-refractivity contribution in [2.75, 3.05) is 31.3 Å². The summed E-state index contributed by atoms with van der Waals surface area (Å²) in [5, 5.41) is 0. The van der Waals surface area contributed by atoms with E-state index in [4.69, 9.17) is 14.2 Å². The third-order valence-electron chi connectivity index (χ3n) is 5.37. The molecule has 0 N–H and O–H groups in total. The van der Waals surface area contributed by atoms with E-state index in [1.54, 1.807) is 53.4 Å². The summed E-state index contributed by atoms with van der Waals surface area (Å²) in [7, 11) is 0. The molecule has 0 saturated carbocycles. The number of ether oxygens (including phenoxy) is 3. The number of Topliss-reactive ketones (excluding diaryl/α,β-unsaturated/α-hetero) is 1. The van der Waals surface area contributed by atoms with E-state index in [1.165, 1.54) is 0 Å². The zero-order valence-electron chi connectivity index (χ0n) is 18.6. The summed E-state index contributed by atoms with van der Waals surface area (Å²) in [6.45, 7) is 0.838. The molecule has 7 nitrogen and oxygen atoms in total. The van der Waals surface area contributed by atoms with Crippen molar-refractivity contribution in [1.82, 2.24) is 0 Å². The first-order chi connectivity index (χ1) is 16.6. The summed E-state index contributed by atoms with van der Waals surface area (Å²) in [6, 6.07) is 22.8. The van der Waals surface area contributed by atoms with Crippen LogP contribution in [0.3, 0.4) is 0 Å². The summed E-state index contributed by atoms with van der Waals surface area (Å²) >= 11 is 0. The molecule has 0 atom stereocenters. The van der Waals surface area contributed by atoms with Gasteiger partial charge < -0.3 is 19.1 Å². The van der Waals surface area contributed by atoms with E-state index in [-0.39, 0.29) is 23.9 Å². The number of carbonyl (C=O) groups excluding carboxylic acids is 3.